The SMILES string of the molecule is COC1(C(=O)NCCc2cccc(F)c2)CCNCC1.Cl. The molecule has 2 rings (SSSR count). The van der Waals surface area contributed by atoms with Crippen molar-refractivity contribution in [1.82, 2.24) is 10.6 Å². The van der Waals surface area contributed by atoms with E-state index in [4.69, 9.17) is 4.74 Å². The van der Waals surface area contributed by atoms with Gasteiger partial charge in [0.15, 0.2) is 0 Å². The fourth-order valence-corrected chi connectivity index (χ4v) is 2.53. The molecule has 0 saturated carbocycles. The number of carbonyl (C=O) groups is 1. The Kier molecular flexibility index (Phi) is 7.08. The van der Waals surface area contributed by atoms with Crippen LogP contribution in [0.1, 0.15) is 18.4 Å². The van der Waals surface area contributed by atoms with Crippen molar-refractivity contribution >= 4 is 18.3 Å². The van der Waals surface area contributed by atoms with Gasteiger partial charge < -0.3 is 15.4 Å². The lowest BCUT2D eigenvalue weighted by Crippen LogP contribution is -2.54. The van der Waals surface area contributed by atoms with E-state index in [-0.39, 0.29) is 24.1 Å². The van der Waals surface area contributed by atoms with Crippen molar-refractivity contribution in [2.45, 2.75) is 24.9 Å². The van der Waals surface area contributed by atoms with Gasteiger partial charge in [-0.1, -0.05) is 12.1 Å². The molecule has 0 aliphatic carbocycles. The second kappa shape index (κ2) is 8.32. The number of hydrogen-bond donors (Lipinski definition) is 2. The average molecular weight is 317 g/mol. The van der Waals surface area contributed by atoms with Crippen LogP contribution in [-0.2, 0) is 16.0 Å². The van der Waals surface area contributed by atoms with E-state index in [0.29, 0.717) is 25.8 Å². The standard InChI is InChI=1S/C15H21FN2O2.ClH/c1-20-15(6-9-17-10-7-15)14(19)18-8-5-12-3-2-4-13(16)11-12;/h2-4,11,17H,5-10H2,1H3,(H,18,19);1H. The van der Waals surface area contributed by atoms with Gasteiger partial charge in [-0.15, -0.1) is 12.4 Å². The van der Waals surface area contributed by atoms with Crippen molar-refractivity contribution in [3.8, 4) is 0 Å². The van der Waals surface area contributed by atoms with Gasteiger partial charge in [0.1, 0.15) is 11.4 Å². The van der Waals surface area contributed by atoms with Crippen LogP contribution in [0.25, 0.3) is 0 Å². The first-order valence-electron chi connectivity index (χ1n) is 6.95. The Morgan fingerprint density at radius 3 is 2.76 bits per heavy atom. The highest BCUT2D eigenvalue weighted by atomic mass is 35.5. The number of methoxy groups -OCH3 is 1. The number of rotatable bonds is 5. The molecule has 0 bridgehead atoms. The highest BCUT2D eigenvalue weighted by molar-refractivity contribution is 5.85. The van der Waals surface area contributed by atoms with Gasteiger partial charge in [-0.2, -0.15) is 0 Å². The molecule has 0 aromatic heterocycles. The Hall–Kier alpha value is -1.17. The molecule has 2 N–H and O–H groups in total. The van der Waals surface area contributed by atoms with Crippen LogP contribution in [0.4, 0.5) is 4.39 Å². The molecule has 0 atom stereocenters. The summed E-state index contributed by atoms with van der Waals surface area (Å²) >= 11 is 0. The Morgan fingerprint density at radius 1 is 1.43 bits per heavy atom. The minimum absolute atomic E-state index is 0. The number of benzene rings is 1. The minimum Gasteiger partial charge on any atom is -0.368 e. The summed E-state index contributed by atoms with van der Waals surface area (Å²) < 4.78 is 18.5. The van der Waals surface area contributed by atoms with Gasteiger partial charge in [-0.05, 0) is 50.0 Å². The van der Waals surface area contributed by atoms with Crippen LogP contribution in [0.3, 0.4) is 0 Å². The van der Waals surface area contributed by atoms with Crippen molar-refractivity contribution in [3.63, 3.8) is 0 Å². The summed E-state index contributed by atoms with van der Waals surface area (Å²) in [6, 6.07) is 6.43. The van der Waals surface area contributed by atoms with Crippen molar-refractivity contribution in [1.29, 1.82) is 0 Å². The number of nitrogens with one attached hydrogen (secondary N) is 2. The first kappa shape index (κ1) is 17.9. The molecule has 0 spiro atoms. The maximum absolute atomic E-state index is 13.0. The zero-order valence-electron chi connectivity index (χ0n) is 12.2. The van der Waals surface area contributed by atoms with Gasteiger partial charge in [-0.25, -0.2) is 4.39 Å². The van der Waals surface area contributed by atoms with Crippen molar-refractivity contribution in [2.75, 3.05) is 26.7 Å². The molecule has 0 radical (unpaired) electrons. The van der Waals surface area contributed by atoms with E-state index in [9.17, 15) is 9.18 Å². The molecule has 1 aliphatic heterocycles. The van der Waals surface area contributed by atoms with Gasteiger partial charge in [0, 0.05) is 13.7 Å². The summed E-state index contributed by atoms with van der Waals surface area (Å²) in [7, 11) is 1.58. The molecule has 1 saturated heterocycles. The first-order valence-corrected chi connectivity index (χ1v) is 6.95. The Morgan fingerprint density at radius 2 is 2.14 bits per heavy atom. The summed E-state index contributed by atoms with van der Waals surface area (Å²) in [5.74, 6) is -0.321. The van der Waals surface area contributed by atoms with Crippen LogP contribution >= 0.6 is 12.4 Å². The molecule has 6 heteroatoms. The fourth-order valence-electron chi connectivity index (χ4n) is 2.53. The number of hydrogen-bond acceptors (Lipinski definition) is 3. The molecule has 21 heavy (non-hydrogen) atoms. The molecule has 1 aromatic rings. The molecule has 1 aliphatic rings. The van der Waals surface area contributed by atoms with Gasteiger partial charge in [-0.3, -0.25) is 4.79 Å². The molecule has 1 heterocycles. The van der Waals surface area contributed by atoms with Crippen LogP contribution in [0.15, 0.2) is 24.3 Å². The minimum atomic E-state index is -0.715. The smallest absolute Gasteiger partial charge is 0.252 e. The second-order valence-corrected chi connectivity index (χ2v) is 5.08. The monoisotopic (exact) mass is 316 g/mol. The third kappa shape index (κ3) is 4.66. The first-order chi connectivity index (χ1) is 9.66. The van der Waals surface area contributed by atoms with Crippen LogP contribution < -0.4 is 10.6 Å². The van der Waals surface area contributed by atoms with E-state index in [0.717, 1.165) is 18.7 Å². The van der Waals surface area contributed by atoms with Crippen LogP contribution in [0.5, 0.6) is 0 Å². The highest BCUT2D eigenvalue weighted by Crippen LogP contribution is 2.22. The van der Waals surface area contributed by atoms with Gasteiger partial charge in [0.2, 0.25) is 0 Å². The maximum atomic E-state index is 13.0. The molecule has 0 unspecified atom stereocenters. The largest absolute Gasteiger partial charge is 0.368 e. The zero-order chi connectivity index (χ0) is 14.4. The predicted octanol–water partition coefficient (Wildman–Crippen LogP) is 1.67. The van der Waals surface area contributed by atoms with Gasteiger partial charge in [0.05, 0.1) is 0 Å². The molecule has 1 fully saturated rings. The lowest BCUT2D eigenvalue weighted by atomic mass is 9.91. The topological polar surface area (TPSA) is 50.4 Å². The predicted molar refractivity (Wildman–Crippen MR) is 82.2 cm³/mol. The lowest BCUT2D eigenvalue weighted by molar-refractivity contribution is -0.146. The van der Waals surface area contributed by atoms with E-state index in [2.05, 4.69) is 10.6 Å². The summed E-state index contributed by atoms with van der Waals surface area (Å²) in [4.78, 5) is 12.3. The third-order valence-corrected chi connectivity index (χ3v) is 3.80. The molecule has 4 nitrogen and oxygen atoms in total. The average Bonchev–Trinajstić information content (AvgIpc) is 2.48. The molecular formula is C15H22ClFN2O2. The number of piperidine rings is 1. The van der Waals surface area contributed by atoms with Gasteiger partial charge >= 0.3 is 0 Å². The molecule has 1 aromatic carbocycles. The van der Waals surface area contributed by atoms with Crippen molar-refractivity contribution < 1.29 is 13.9 Å². The van der Waals surface area contributed by atoms with E-state index in [1.807, 2.05) is 6.07 Å². The highest BCUT2D eigenvalue weighted by Gasteiger charge is 2.39. The van der Waals surface area contributed by atoms with Crippen molar-refractivity contribution in [3.05, 3.63) is 35.6 Å². The summed E-state index contributed by atoms with van der Waals surface area (Å²) in [5.41, 5.74) is 0.162. The van der Waals surface area contributed by atoms with Crippen LogP contribution in [0, 0.1) is 5.82 Å². The fraction of sp³-hybridized carbons (Fsp3) is 0.533. The van der Waals surface area contributed by atoms with Crippen LogP contribution in [0.2, 0.25) is 0 Å². The molecule has 1 amide bonds. The number of carbonyl (C=O) groups excluding carboxylic acids is 1. The summed E-state index contributed by atoms with van der Waals surface area (Å²) in [6.45, 7) is 2.05. The maximum Gasteiger partial charge on any atom is 0.252 e. The number of ether oxygens (including phenoxy) is 1. The number of amides is 1. The lowest BCUT2D eigenvalue weighted by Gasteiger charge is -2.34. The van der Waals surface area contributed by atoms with E-state index in [1.165, 1.54) is 12.1 Å². The van der Waals surface area contributed by atoms with Crippen molar-refractivity contribution in [2.24, 2.45) is 0 Å². The zero-order valence-corrected chi connectivity index (χ0v) is 13.0. The molecule has 118 valence electrons. The Balaban J connectivity index is 0.00000220. The third-order valence-electron chi connectivity index (χ3n) is 3.80. The van der Waals surface area contributed by atoms with Gasteiger partial charge in [0.25, 0.3) is 5.91 Å². The number of halogens is 2. The van der Waals surface area contributed by atoms with E-state index in [1.54, 1.807) is 13.2 Å². The Bertz CT molecular complexity index is 465. The summed E-state index contributed by atoms with van der Waals surface area (Å²) in [5, 5.41) is 6.11. The Labute approximate surface area is 130 Å². The second-order valence-electron chi connectivity index (χ2n) is 5.08. The quantitative estimate of drug-likeness (QED) is 0.869. The van der Waals surface area contributed by atoms with E-state index < -0.39 is 5.60 Å². The molecular weight excluding hydrogens is 295 g/mol. The van der Waals surface area contributed by atoms with Crippen LogP contribution in [-0.4, -0.2) is 38.3 Å². The summed E-state index contributed by atoms with van der Waals surface area (Å²) in [6.07, 6.45) is 1.96. The normalized spacial score (nSPS) is 16.9. The van der Waals surface area contributed by atoms with E-state index >= 15 is 0 Å².